The summed E-state index contributed by atoms with van der Waals surface area (Å²) >= 11 is 0. The Bertz CT molecular complexity index is 359. The molecule has 0 fully saturated rings. The van der Waals surface area contributed by atoms with E-state index in [-0.39, 0.29) is 17.7 Å². The van der Waals surface area contributed by atoms with E-state index >= 15 is 0 Å². The summed E-state index contributed by atoms with van der Waals surface area (Å²) in [6.07, 6.45) is -0.121. The normalized spacial score (nSPS) is 17.1. The predicted molar refractivity (Wildman–Crippen MR) is 52.4 cm³/mol. The van der Waals surface area contributed by atoms with E-state index in [9.17, 15) is 14.9 Å². The standard InChI is InChI=1S/C9H12N2O4/c1-5-7(9(12)13)4-8(11(14)15)6(2)10(5)3/h4H2,1-3H3,(H,12,13). The molecule has 1 rings (SSSR count). The maximum Gasteiger partial charge on any atom is 0.333 e. The summed E-state index contributed by atoms with van der Waals surface area (Å²) in [5.41, 5.74) is 1.06. The van der Waals surface area contributed by atoms with Crippen LogP contribution in [0.5, 0.6) is 0 Å². The number of carboxylic acids is 1. The Labute approximate surface area is 86.6 Å². The summed E-state index contributed by atoms with van der Waals surface area (Å²) in [6, 6.07) is 0. The molecule has 0 saturated heterocycles. The molecule has 1 aliphatic heterocycles. The van der Waals surface area contributed by atoms with E-state index < -0.39 is 10.9 Å². The van der Waals surface area contributed by atoms with Crippen molar-refractivity contribution in [2.75, 3.05) is 7.05 Å². The molecule has 82 valence electrons. The van der Waals surface area contributed by atoms with Crippen LogP contribution in [0.4, 0.5) is 0 Å². The van der Waals surface area contributed by atoms with Crippen LogP contribution in [0, 0.1) is 10.1 Å². The number of hydrogen-bond acceptors (Lipinski definition) is 4. The molecule has 1 N–H and O–H groups in total. The molecule has 0 radical (unpaired) electrons. The molecule has 0 bridgehead atoms. The van der Waals surface area contributed by atoms with Crippen molar-refractivity contribution in [3.63, 3.8) is 0 Å². The summed E-state index contributed by atoms with van der Waals surface area (Å²) in [7, 11) is 1.62. The number of allylic oxidation sites excluding steroid dienone is 3. The van der Waals surface area contributed by atoms with E-state index in [2.05, 4.69) is 0 Å². The van der Waals surface area contributed by atoms with Gasteiger partial charge in [0.25, 0.3) is 5.70 Å². The molecule has 15 heavy (non-hydrogen) atoms. The third kappa shape index (κ3) is 1.83. The molecule has 6 heteroatoms. The van der Waals surface area contributed by atoms with Crippen LogP contribution < -0.4 is 0 Å². The summed E-state index contributed by atoms with van der Waals surface area (Å²) < 4.78 is 0. The van der Waals surface area contributed by atoms with Crippen molar-refractivity contribution in [2.45, 2.75) is 20.3 Å². The second kappa shape index (κ2) is 3.72. The van der Waals surface area contributed by atoms with Gasteiger partial charge in [0.05, 0.1) is 22.6 Å². The minimum absolute atomic E-state index is 0.0551. The zero-order valence-electron chi connectivity index (χ0n) is 8.77. The largest absolute Gasteiger partial charge is 0.478 e. The molecule has 0 spiro atoms. The van der Waals surface area contributed by atoms with Crippen molar-refractivity contribution in [2.24, 2.45) is 0 Å². The molecular formula is C9H12N2O4. The van der Waals surface area contributed by atoms with Gasteiger partial charge in [-0.2, -0.15) is 0 Å². The van der Waals surface area contributed by atoms with Crippen LogP contribution in [-0.2, 0) is 4.79 Å². The van der Waals surface area contributed by atoms with Crippen molar-refractivity contribution in [3.8, 4) is 0 Å². The Balaban J connectivity index is 3.20. The molecule has 0 atom stereocenters. The zero-order chi connectivity index (χ0) is 11.7. The van der Waals surface area contributed by atoms with Gasteiger partial charge >= 0.3 is 5.97 Å². The minimum atomic E-state index is -1.11. The van der Waals surface area contributed by atoms with E-state index in [0.717, 1.165) is 0 Å². The molecule has 1 aliphatic rings. The van der Waals surface area contributed by atoms with E-state index in [1.54, 1.807) is 20.9 Å². The van der Waals surface area contributed by atoms with Crippen molar-refractivity contribution in [3.05, 3.63) is 32.8 Å². The highest BCUT2D eigenvalue weighted by molar-refractivity contribution is 5.88. The second-order valence-corrected chi connectivity index (χ2v) is 3.39. The molecule has 0 aliphatic carbocycles. The number of rotatable bonds is 2. The Hall–Kier alpha value is -1.85. The highest BCUT2D eigenvalue weighted by Crippen LogP contribution is 2.29. The Morgan fingerprint density at radius 3 is 2.40 bits per heavy atom. The molecule has 0 saturated carbocycles. The fourth-order valence-corrected chi connectivity index (χ4v) is 1.50. The van der Waals surface area contributed by atoms with Crippen molar-refractivity contribution in [1.29, 1.82) is 0 Å². The van der Waals surface area contributed by atoms with Crippen molar-refractivity contribution < 1.29 is 14.8 Å². The van der Waals surface area contributed by atoms with E-state index in [4.69, 9.17) is 5.11 Å². The van der Waals surface area contributed by atoms with Gasteiger partial charge in [-0.15, -0.1) is 0 Å². The molecule has 6 nitrogen and oxygen atoms in total. The lowest BCUT2D eigenvalue weighted by Gasteiger charge is -2.26. The summed E-state index contributed by atoms with van der Waals surface area (Å²) in [4.78, 5) is 22.6. The first-order valence-electron chi connectivity index (χ1n) is 4.37. The first-order chi connectivity index (χ1) is 6.86. The summed E-state index contributed by atoms with van der Waals surface area (Å²) in [5.74, 6) is -1.11. The molecule has 1 heterocycles. The quantitative estimate of drug-likeness (QED) is 0.549. The number of hydrogen-bond donors (Lipinski definition) is 1. The van der Waals surface area contributed by atoms with E-state index in [1.165, 1.54) is 4.90 Å². The third-order valence-electron chi connectivity index (χ3n) is 2.68. The highest BCUT2D eigenvalue weighted by Gasteiger charge is 2.30. The molecule has 0 unspecified atom stereocenters. The van der Waals surface area contributed by atoms with Crippen molar-refractivity contribution >= 4 is 5.97 Å². The van der Waals surface area contributed by atoms with Crippen LogP contribution in [0.3, 0.4) is 0 Å². The van der Waals surface area contributed by atoms with Gasteiger partial charge in [-0.25, -0.2) is 4.79 Å². The lowest BCUT2D eigenvalue weighted by atomic mass is 10.0. The Morgan fingerprint density at radius 1 is 1.47 bits per heavy atom. The average molecular weight is 212 g/mol. The van der Waals surface area contributed by atoms with Gasteiger partial charge in [-0.1, -0.05) is 0 Å². The number of nitrogens with zero attached hydrogens (tertiary/aromatic N) is 2. The third-order valence-corrected chi connectivity index (χ3v) is 2.68. The van der Waals surface area contributed by atoms with Crippen LogP contribution in [0.15, 0.2) is 22.7 Å². The van der Waals surface area contributed by atoms with Crippen LogP contribution in [0.25, 0.3) is 0 Å². The van der Waals surface area contributed by atoms with Crippen LogP contribution in [0.1, 0.15) is 20.3 Å². The number of carbonyl (C=O) groups is 1. The SMILES string of the molecule is CC1=C(C(=O)O)CC([N+](=O)[O-])=C(C)N1C. The molecule has 0 aromatic rings. The Morgan fingerprint density at radius 2 is 2.00 bits per heavy atom. The fraction of sp³-hybridized carbons (Fsp3) is 0.444. The predicted octanol–water partition coefficient (Wildman–Crippen LogP) is 1.19. The Kier molecular flexibility index (Phi) is 2.78. The molecular weight excluding hydrogens is 200 g/mol. The van der Waals surface area contributed by atoms with Crippen molar-refractivity contribution in [1.82, 2.24) is 4.90 Å². The maximum absolute atomic E-state index is 10.9. The van der Waals surface area contributed by atoms with Crippen LogP contribution in [0.2, 0.25) is 0 Å². The number of nitro groups is 1. The number of carboxylic acid groups (broad SMARTS) is 1. The number of aliphatic carboxylic acids is 1. The second-order valence-electron chi connectivity index (χ2n) is 3.39. The van der Waals surface area contributed by atoms with Gasteiger partial charge in [0.1, 0.15) is 0 Å². The van der Waals surface area contributed by atoms with Gasteiger partial charge < -0.3 is 10.0 Å². The van der Waals surface area contributed by atoms with Gasteiger partial charge in [0, 0.05) is 12.7 Å². The van der Waals surface area contributed by atoms with Crippen LogP contribution >= 0.6 is 0 Å². The monoisotopic (exact) mass is 212 g/mol. The van der Waals surface area contributed by atoms with E-state index in [1.807, 2.05) is 0 Å². The van der Waals surface area contributed by atoms with Gasteiger partial charge in [-0.3, -0.25) is 10.1 Å². The van der Waals surface area contributed by atoms with Gasteiger partial charge in [0.15, 0.2) is 0 Å². The lowest BCUT2D eigenvalue weighted by molar-refractivity contribution is -0.429. The molecule has 0 aromatic carbocycles. The lowest BCUT2D eigenvalue weighted by Crippen LogP contribution is -2.26. The van der Waals surface area contributed by atoms with E-state index in [0.29, 0.717) is 11.4 Å². The molecule has 0 amide bonds. The maximum atomic E-state index is 10.9. The first kappa shape index (κ1) is 11.2. The van der Waals surface area contributed by atoms with Crippen LogP contribution in [-0.4, -0.2) is 27.9 Å². The van der Waals surface area contributed by atoms with Gasteiger partial charge in [-0.05, 0) is 13.8 Å². The molecule has 0 aromatic heterocycles. The first-order valence-corrected chi connectivity index (χ1v) is 4.37. The zero-order valence-corrected chi connectivity index (χ0v) is 8.77. The topological polar surface area (TPSA) is 83.7 Å². The minimum Gasteiger partial charge on any atom is -0.478 e. The fourth-order valence-electron chi connectivity index (χ4n) is 1.50. The summed E-state index contributed by atoms with van der Waals surface area (Å²) in [5, 5.41) is 19.6. The van der Waals surface area contributed by atoms with Gasteiger partial charge in [0.2, 0.25) is 0 Å². The summed E-state index contributed by atoms with van der Waals surface area (Å²) in [6.45, 7) is 3.25. The highest BCUT2D eigenvalue weighted by atomic mass is 16.6. The average Bonchev–Trinajstić information content (AvgIpc) is 2.13. The smallest absolute Gasteiger partial charge is 0.333 e.